The number of carbonyl (C=O) groups excluding carboxylic acids is 1. The second-order valence-electron chi connectivity index (χ2n) is 10.3. The highest BCUT2D eigenvalue weighted by Crippen LogP contribution is 2.49. The Bertz CT molecular complexity index is 1640. The number of nitrogens with zero attached hydrogens (tertiary/aromatic N) is 3. The lowest BCUT2D eigenvalue weighted by atomic mass is 10.1. The fraction of sp³-hybridized carbons (Fsp3) is 0.267. The molecule has 4 aromatic rings. The van der Waals surface area contributed by atoms with E-state index in [1.54, 1.807) is 23.2 Å². The molecule has 2 aliphatic carbocycles. The third-order valence-electron chi connectivity index (χ3n) is 7.74. The number of hydrogen-bond acceptors (Lipinski definition) is 4. The molecule has 7 nitrogen and oxygen atoms in total. The Morgan fingerprint density at radius 1 is 1.10 bits per heavy atom. The summed E-state index contributed by atoms with van der Waals surface area (Å²) in [4.78, 5) is 20.3. The predicted molar refractivity (Wildman–Crippen MR) is 151 cm³/mol. The van der Waals surface area contributed by atoms with Gasteiger partial charge < -0.3 is 9.47 Å². The van der Waals surface area contributed by atoms with Gasteiger partial charge in [-0.15, -0.1) is 0 Å². The van der Waals surface area contributed by atoms with E-state index in [9.17, 15) is 13.2 Å². The fourth-order valence-electron chi connectivity index (χ4n) is 5.49. The molecule has 0 bridgehead atoms. The molecule has 9 heteroatoms. The van der Waals surface area contributed by atoms with Crippen molar-refractivity contribution < 1.29 is 13.2 Å². The monoisotopic (exact) mass is 560 g/mol. The number of aryl methyl sites for hydroxylation is 2. The molecule has 0 spiro atoms. The molecule has 1 fully saturated rings. The first-order valence-electron chi connectivity index (χ1n) is 13.0. The summed E-state index contributed by atoms with van der Waals surface area (Å²) in [6.07, 6.45) is 5.80. The highest BCUT2D eigenvalue weighted by molar-refractivity contribution is 7.89. The summed E-state index contributed by atoms with van der Waals surface area (Å²) < 4.78 is 31.1. The molecular formula is C30H29ClN4O3S. The number of hydrogen-bond donors (Lipinski definition) is 1. The molecule has 1 saturated carbocycles. The smallest absolute Gasteiger partial charge is 0.241 e. The highest BCUT2D eigenvalue weighted by Gasteiger charge is 2.46. The molecular weight excluding hydrogens is 532 g/mol. The lowest BCUT2D eigenvalue weighted by molar-refractivity contribution is -0.120. The van der Waals surface area contributed by atoms with Crippen LogP contribution < -0.4 is 9.62 Å². The van der Waals surface area contributed by atoms with Crippen LogP contribution in [0.4, 0.5) is 5.69 Å². The van der Waals surface area contributed by atoms with Crippen molar-refractivity contribution in [1.29, 1.82) is 0 Å². The number of anilines is 1. The van der Waals surface area contributed by atoms with Gasteiger partial charge in [0.2, 0.25) is 15.9 Å². The van der Waals surface area contributed by atoms with Crippen LogP contribution >= 0.6 is 11.6 Å². The largest absolute Gasteiger partial charge is 0.337 e. The maximum atomic E-state index is 13.9. The van der Waals surface area contributed by atoms with Crippen LogP contribution in [-0.2, 0) is 34.8 Å². The molecule has 0 radical (unpaired) electrons. The summed E-state index contributed by atoms with van der Waals surface area (Å²) in [5.74, 6) is 0.937. The molecule has 0 saturated heterocycles. The number of sulfonamides is 1. The first-order valence-corrected chi connectivity index (χ1v) is 14.9. The Morgan fingerprint density at radius 3 is 2.67 bits per heavy atom. The second-order valence-corrected chi connectivity index (χ2v) is 12.4. The summed E-state index contributed by atoms with van der Waals surface area (Å²) in [6, 6.07) is 21.9. The average molecular weight is 561 g/mol. The van der Waals surface area contributed by atoms with E-state index in [0.29, 0.717) is 18.0 Å². The summed E-state index contributed by atoms with van der Waals surface area (Å²) in [6.45, 7) is 0.331. The molecule has 0 unspecified atom stereocenters. The van der Waals surface area contributed by atoms with Gasteiger partial charge in [-0.3, -0.25) is 4.79 Å². The molecule has 6 rings (SSSR count). The molecule has 200 valence electrons. The molecule has 1 amide bonds. The molecule has 1 aromatic heterocycles. The highest BCUT2D eigenvalue weighted by atomic mass is 35.5. The van der Waals surface area contributed by atoms with Gasteiger partial charge in [-0.25, -0.2) is 18.1 Å². The van der Waals surface area contributed by atoms with Gasteiger partial charge in [0.25, 0.3) is 0 Å². The number of nitrogens with one attached hydrogen (secondary N) is 1. The Labute approximate surface area is 233 Å². The summed E-state index contributed by atoms with van der Waals surface area (Å²) in [5, 5.41) is 0.365. The van der Waals surface area contributed by atoms with Crippen LogP contribution in [0, 0.1) is 5.92 Å². The van der Waals surface area contributed by atoms with Crippen molar-refractivity contribution in [2.45, 2.75) is 42.7 Å². The van der Waals surface area contributed by atoms with Gasteiger partial charge >= 0.3 is 0 Å². The second kappa shape index (κ2) is 10.3. The van der Waals surface area contributed by atoms with Crippen LogP contribution in [0.25, 0.3) is 0 Å². The van der Waals surface area contributed by atoms with E-state index in [2.05, 4.69) is 21.8 Å². The molecule has 1 N–H and O–H groups in total. The molecule has 1 heterocycles. The van der Waals surface area contributed by atoms with E-state index in [4.69, 9.17) is 11.6 Å². The van der Waals surface area contributed by atoms with Gasteiger partial charge in [0, 0.05) is 42.1 Å². The molecule has 3 aromatic carbocycles. The molecule has 3 atom stereocenters. The minimum atomic E-state index is -3.77. The zero-order chi connectivity index (χ0) is 27.1. The number of carbonyl (C=O) groups is 1. The van der Waals surface area contributed by atoms with Crippen LogP contribution in [0.2, 0.25) is 5.02 Å². The standard InChI is InChI=1S/C30H29ClN4O3S/c1-34-15-14-32-29(34)19-35(30(36)27-18-25(27)20-6-3-2-4-7-20)23-12-10-21-11-13-28(26(21)17-23)33-39(37,38)24-9-5-8-22(31)16-24/h2-10,12,14-17,25,27-28,33H,11,13,18-19H2,1H3/t25-,27+,28+/m0/s1. The van der Waals surface area contributed by atoms with Crippen molar-refractivity contribution in [3.05, 3.63) is 113 Å². The Hall–Kier alpha value is -3.46. The maximum Gasteiger partial charge on any atom is 0.241 e. The minimum absolute atomic E-state index is 0.0564. The van der Waals surface area contributed by atoms with Crippen molar-refractivity contribution in [2.75, 3.05) is 4.90 Å². The van der Waals surface area contributed by atoms with Gasteiger partial charge in [-0.1, -0.05) is 54.1 Å². The van der Waals surface area contributed by atoms with Crippen LogP contribution in [0.3, 0.4) is 0 Å². The lowest BCUT2D eigenvalue weighted by Gasteiger charge is -2.25. The Kier molecular flexibility index (Phi) is 6.79. The topological polar surface area (TPSA) is 84.3 Å². The minimum Gasteiger partial charge on any atom is -0.337 e. The Balaban J connectivity index is 1.30. The predicted octanol–water partition coefficient (Wildman–Crippen LogP) is 5.38. The van der Waals surface area contributed by atoms with Gasteiger partial charge in [-0.2, -0.15) is 0 Å². The van der Waals surface area contributed by atoms with Crippen LogP contribution in [0.5, 0.6) is 0 Å². The van der Waals surface area contributed by atoms with E-state index in [1.165, 1.54) is 17.7 Å². The van der Waals surface area contributed by atoms with Crippen LogP contribution in [-0.4, -0.2) is 23.9 Å². The van der Waals surface area contributed by atoms with Crippen molar-refractivity contribution >= 4 is 33.2 Å². The number of halogens is 1. The third kappa shape index (κ3) is 5.24. The zero-order valence-electron chi connectivity index (χ0n) is 21.5. The van der Waals surface area contributed by atoms with Crippen LogP contribution in [0.15, 0.2) is 90.1 Å². The van der Waals surface area contributed by atoms with Crippen molar-refractivity contribution in [1.82, 2.24) is 14.3 Å². The van der Waals surface area contributed by atoms with E-state index in [-0.39, 0.29) is 22.6 Å². The fourth-order valence-corrected chi connectivity index (χ4v) is 7.04. The number of imidazole rings is 1. The van der Waals surface area contributed by atoms with E-state index < -0.39 is 16.1 Å². The van der Waals surface area contributed by atoms with Crippen molar-refractivity contribution in [3.8, 4) is 0 Å². The Morgan fingerprint density at radius 2 is 1.92 bits per heavy atom. The third-order valence-corrected chi connectivity index (χ3v) is 9.45. The van der Waals surface area contributed by atoms with Crippen molar-refractivity contribution in [2.24, 2.45) is 13.0 Å². The number of amides is 1. The first kappa shape index (κ1) is 25.8. The average Bonchev–Trinajstić information content (AvgIpc) is 3.50. The number of fused-ring (bicyclic) bond motifs is 1. The van der Waals surface area contributed by atoms with Gasteiger partial charge in [-0.05, 0) is 72.2 Å². The molecule has 2 aliphatic rings. The van der Waals surface area contributed by atoms with Gasteiger partial charge in [0.1, 0.15) is 5.82 Å². The quantitative estimate of drug-likeness (QED) is 0.314. The number of rotatable bonds is 8. The van der Waals surface area contributed by atoms with E-state index >= 15 is 0 Å². The number of aromatic nitrogens is 2. The molecule has 39 heavy (non-hydrogen) atoms. The van der Waals surface area contributed by atoms with Crippen molar-refractivity contribution in [3.63, 3.8) is 0 Å². The lowest BCUT2D eigenvalue weighted by Crippen LogP contribution is -2.33. The first-order chi connectivity index (χ1) is 18.8. The maximum absolute atomic E-state index is 13.9. The molecule has 0 aliphatic heterocycles. The number of benzene rings is 3. The van der Waals surface area contributed by atoms with Gasteiger partial charge in [0.15, 0.2) is 0 Å². The zero-order valence-corrected chi connectivity index (χ0v) is 23.1. The van der Waals surface area contributed by atoms with Crippen LogP contribution in [0.1, 0.15) is 47.3 Å². The van der Waals surface area contributed by atoms with Gasteiger partial charge in [0.05, 0.1) is 11.4 Å². The summed E-state index contributed by atoms with van der Waals surface area (Å²) in [5.41, 5.74) is 3.90. The summed E-state index contributed by atoms with van der Waals surface area (Å²) in [7, 11) is -1.86. The SMILES string of the molecule is Cn1ccnc1CN(C(=O)[C@@H]1C[C@H]1c1ccccc1)c1ccc2c(c1)[C@H](NS(=O)(=O)c1cccc(Cl)c1)CC2. The summed E-state index contributed by atoms with van der Waals surface area (Å²) >= 11 is 6.05. The van der Waals surface area contributed by atoms with E-state index in [0.717, 1.165) is 35.5 Å². The van der Waals surface area contributed by atoms with E-state index in [1.807, 2.05) is 54.2 Å². The normalized spacial score (nSPS) is 20.0.